The fourth-order valence-electron chi connectivity index (χ4n) is 12.8. The number of benzene rings is 4. The number of hydrogen-bond acceptors (Lipinski definition) is 16. The van der Waals surface area contributed by atoms with Crippen LogP contribution in [0.25, 0.3) is 0 Å². The Kier molecular flexibility index (Phi) is 26.0. The third kappa shape index (κ3) is 19.4. The maximum atomic E-state index is 13.8. The van der Waals surface area contributed by atoms with Gasteiger partial charge in [-0.05, 0) is 148 Å². The van der Waals surface area contributed by atoms with Gasteiger partial charge in [-0.2, -0.15) is 26.3 Å². The van der Waals surface area contributed by atoms with Crippen molar-refractivity contribution in [3.05, 3.63) is 166 Å². The first kappa shape index (κ1) is 78.9. The van der Waals surface area contributed by atoms with Gasteiger partial charge in [0.1, 0.15) is 46.5 Å². The molecule has 4 amide bonds. The number of sulfonamides is 2. The molecule has 9 aliphatic rings. The second kappa shape index (κ2) is 33.7. The minimum absolute atomic E-state index is 0.0106. The van der Waals surface area contributed by atoms with E-state index in [1.165, 1.54) is 30.5 Å². The van der Waals surface area contributed by atoms with Gasteiger partial charge in [0.05, 0.1) is 61.3 Å². The maximum Gasteiger partial charge on any atom is 0.416 e. The summed E-state index contributed by atoms with van der Waals surface area (Å²) in [5.74, 6) is -0.908. The number of halogens is 8. The standard InChI is InChI=1S/C35H41F3N4O7S.C33H37F3N4O7S.C2H4Cl2/c1-4-6-15-48-28-19-26(18-27(20-28)35(36,37)38)31-39-33(45)34(40-31)10-12-42(13-11-34)50(46,47)16-9-24-7-8-25(17-23(24)3)32(44)41-21-29(43)30(22-41)49-14-5-2;1-21-15-23-6-5-22(21)7-14-48(44,45)40-10-8-32(9-11-40)31(43)37-29(38-32)24-16-25(33(34,35)36)18-26(17-24)46-12-3-2-4-13-47-28-20-39(30(23)42)19-27(28)41;3-1-2-4/h4-5,7-8,17-20,29-30,43H,1-2,6,9-16,21-22H2,3H3,(H,39,40,45);2,4-6,15-18,27-28,41H,3,7-14,19-20H2,1H3,(H,37,38,43);1-2H2/b;4-2+;/t29-,30-;27-,28-;/m00./s1. The van der Waals surface area contributed by atoms with E-state index in [0.29, 0.717) is 35.7 Å². The quantitative estimate of drug-likeness (QED) is 0.0404. The molecule has 9 aliphatic heterocycles. The second-order valence-electron chi connectivity index (χ2n) is 25.6. The number of rotatable bonds is 14. The smallest absolute Gasteiger partial charge is 0.416 e. The molecule has 9 bridgehead atoms. The van der Waals surface area contributed by atoms with Crippen LogP contribution >= 0.6 is 23.2 Å². The molecule has 22 nitrogen and oxygen atoms in total. The van der Waals surface area contributed by atoms with Crippen molar-refractivity contribution in [2.75, 3.05) is 102 Å². The van der Waals surface area contributed by atoms with Crippen LogP contribution in [0, 0.1) is 13.8 Å². The van der Waals surface area contributed by atoms with E-state index in [1.54, 1.807) is 67.6 Å². The molecule has 4 atom stereocenters. The van der Waals surface area contributed by atoms with Gasteiger partial charge in [0.25, 0.3) is 23.6 Å². The Morgan fingerprint density at radius 3 is 2.01 bits per heavy atom. The molecule has 4 fully saturated rings. The number of amidine groups is 2. The van der Waals surface area contributed by atoms with Crippen molar-refractivity contribution in [1.82, 2.24) is 29.0 Å². The molecule has 9 heterocycles. The Morgan fingerprint density at radius 2 is 1.40 bits per heavy atom. The summed E-state index contributed by atoms with van der Waals surface area (Å²) in [4.78, 5) is 64.7. The monoisotopic (exact) mass is 1510 g/mol. The van der Waals surface area contributed by atoms with Crippen molar-refractivity contribution in [1.29, 1.82) is 0 Å². The molecule has 4 aromatic carbocycles. The number of β-amino-alcohol motifs (C(OH)–C–C–N with tert-alkyl or cyclic N) is 1. The Morgan fingerprint density at radius 1 is 0.765 bits per heavy atom. The average molecular weight is 1510 g/mol. The number of aliphatic hydroxyl groups is 2. The molecule has 4 saturated heterocycles. The molecule has 0 aliphatic carbocycles. The lowest BCUT2D eigenvalue weighted by molar-refractivity contribution is -0.138. The first-order chi connectivity index (χ1) is 48.3. The molecule has 32 heteroatoms. The molecule has 2 spiro atoms. The van der Waals surface area contributed by atoms with Gasteiger partial charge in [0.2, 0.25) is 20.0 Å². The molecular weight excluding hydrogens is 1430 g/mol. The van der Waals surface area contributed by atoms with Crippen molar-refractivity contribution >= 4 is 78.5 Å². The minimum Gasteiger partial charge on any atom is -0.493 e. The molecule has 0 radical (unpaired) electrons. The lowest BCUT2D eigenvalue weighted by atomic mass is 9.89. The largest absolute Gasteiger partial charge is 0.493 e. The van der Waals surface area contributed by atoms with Crippen LogP contribution in [-0.4, -0.2) is 218 Å². The number of nitrogens with one attached hydrogen (secondary N) is 2. The van der Waals surface area contributed by atoms with Gasteiger partial charge >= 0.3 is 12.4 Å². The van der Waals surface area contributed by atoms with Gasteiger partial charge in [0.15, 0.2) is 0 Å². The average Bonchev–Trinajstić information content (AvgIpc) is 1.61. The highest BCUT2D eigenvalue weighted by atomic mass is 35.5. The Balaban J connectivity index is 0.000000226. The Bertz CT molecular complexity index is 4090. The summed E-state index contributed by atoms with van der Waals surface area (Å²) in [5, 5.41) is 26.0. The number of hydrogen-bond donors (Lipinski definition) is 4. The van der Waals surface area contributed by atoms with Gasteiger partial charge in [-0.3, -0.25) is 29.2 Å². The van der Waals surface area contributed by atoms with Gasteiger partial charge in [-0.15, -0.1) is 36.4 Å². The third-order valence-corrected chi connectivity index (χ3v) is 22.9. The van der Waals surface area contributed by atoms with Crippen molar-refractivity contribution in [2.24, 2.45) is 9.98 Å². The number of likely N-dealkylation sites (tertiary alicyclic amines) is 1. The number of carbonyl (C=O) groups excluding carboxylic acids is 4. The number of nitrogens with zero attached hydrogens (tertiary/aromatic N) is 6. The number of aryl methyl sites for hydroxylation is 4. The van der Waals surface area contributed by atoms with Crippen molar-refractivity contribution in [2.45, 2.75) is 113 Å². The SMILES string of the molecule is C=CCCOc1cc(C2=NC3(CCN(S(=O)(=O)CCc4ccc(C(=O)N5C[C@H](OCC=C)[C@@H](O)C5)cc4C)CC3)C(=O)N2)cc(C(F)(F)F)c1.Cc1cc2ccc1CCS(=O)(=O)N1CCC3(CC1)N=C(NC3=O)c1cc(cc(C(F)(F)F)c1)OCC/C=C/CO[C@H]1CN(C[C@@H]1O)C2=O.ClCCCl. The predicted molar refractivity (Wildman–Crippen MR) is 371 cm³/mol. The van der Waals surface area contributed by atoms with E-state index in [4.69, 9.17) is 42.1 Å². The topological polar surface area (TPSA) is 276 Å². The van der Waals surface area contributed by atoms with Crippen LogP contribution in [0.3, 0.4) is 0 Å². The number of aliphatic hydroxyl groups excluding tert-OH is 2. The van der Waals surface area contributed by atoms with Crippen LogP contribution in [0.1, 0.15) is 104 Å². The van der Waals surface area contributed by atoms with E-state index in [1.807, 2.05) is 6.92 Å². The first-order valence-corrected chi connectivity index (χ1v) is 37.4. The van der Waals surface area contributed by atoms with E-state index < -0.39 is 90.8 Å². The zero-order chi connectivity index (χ0) is 74.0. The zero-order valence-corrected chi connectivity index (χ0v) is 59.4. The zero-order valence-electron chi connectivity index (χ0n) is 56.2. The number of ether oxygens (including phenoxy) is 4. The maximum absolute atomic E-state index is 13.8. The van der Waals surface area contributed by atoms with Crippen LogP contribution in [-0.2, 0) is 64.3 Å². The van der Waals surface area contributed by atoms with E-state index in [-0.39, 0.29) is 175 Å². The van der Waals surface area contributed by atoms with Crippen LogP contribution in [0.15, 0.2) is 120 Å². The summed E-state index contributed by atoms with van der Waals surface area (Å²) in [5.41, 5.74) is -0.569. The molecular formula is C70H82Cl2F6N8O14S2. The van der Waals surface area contributed by atoms with Crippen molar-refractivity contribution < 1.29 is 91.5 Å². The number of fused-ring (bicyclic) bond motifs is 2. The number of piperidine rings is 2. The molecule has 4 N–H and O–H groups in total. The summed E-state index contributed by atoms with van der Waals surface area (Å²) in [7, 11) is -7.47. The molecule has 0 aromatic heterocycles. The van der Waals surface area contributed by atoms with E-state index in [9.17, 15) is 72.6 Å². The minimum atomic E-state index is -4.68. The Labute approximate surface area is 598 Å². The number of amides is 4. The lowest BCUT2D eigenvalue weighted by Crippen LogP contribution is -2.50. The first-order valence-electron chi connectivity index (χ1n) is 33.2. The van der Waals surface area contributed by atoms with Gasteiger partial charge in [-0.1, -0.05) is 36.4 Å². The van der Waals surface area contributed by atoms with Gasteiger partial charge < -0.3 is 49.6 Å². The predicted octanol–water partition coefficient (Wildman–Crippen LogP) is 7.94. The normalized spacial score (nSPS) is 24.1. The molecule has 102 heavy (non-hydrogen) atoms. The van der Waals surface area contributed by atoms with Gasteiger partial charge in [-0.25, -0.2) is 25.4 Å². The number of carbonyl (C=O) groups is 4. The highest BCUT2D eigenvalue weighted by Gasteiger charge is 2.50. The molecule has 0 unspecified atom stereocenters. The van der Waals surface area contributed by atoms with E-state index in [0.717, 1.165) is 46.5 Å². The Hall–Kier alpha value is -7.26. The lowest BCUT2D eigenvalue weighted by Gasteiger charge is -2.34. The summed E-state index contributed by atoms with van der Waals surface area (Å²) < 4.78 is 161. The summed E-state index contributed by atoms with van der Waals surface area (Å²) in [6.45, 7) is 12.1. The van der Waals surface area contributed by atoms with Crippen LogP contribution < -0.4 is 20.1 Å². The fraction of sp³-hybridized carbons (Fsp3) is 0.486. The molecule has 4 aromatic rings. The van der Waals surface area contributed by atoms with E-state index >= 15 is 0 Å². The third-order valence-electron chi connectivity index (χ3n) is 18.6. The van der Waals surface area contributed by atoms with Crippen molar-refractivity contribution in [3.8, 4) is 11.5 Å². The summed E-state index contributed by atoms with van der Waals surface area (Å²) in [6, 6.07) is 16.5. The molecule has 13 rings (SSSR count). The fourth-order valence-corrected chi connectivity index (χ4v) is 15.7. The van der Waals surface area contributed by atoms with Crippen molar-refractivity contribution in [3.63, 3.8) is 0 Å². The number of alkyl halides is 8. The second-order valence-corrected chi connectivity index (χ2v) is 30.5. The highest BCUT2D eigenvalue weighted by Crippen LogP contribution is 2.39. The number of aliphatic imine (C=N–C) groups is 2. The molecule has 0 saturated carbocycles. The van der Waals surface area contributed by atoms with Crippen LogP contribution in [0.2, 0.25) is 0 Å². The van der Waals surface area contributed by atoms with Crippen LogP contribution in [0.4, 0.5) is 26.3 Å². The summed E-state index contributed by atoms with van der Waals surface area (Å²) in [6.07, 6.45) is -4.08. The highest BCUT2D eigenvalue weighted by molar-refractivity contribution is 7.89. The molecule has 554 valence electrons. The summed E-state index contributed by atoms with van der Waals surface area (Å²) >= 11 is 10.1. The van der Waals surface area contributed by atoms with Crippen LogP contribution in [0.5, 0.6) is 11.5 Å². The van der Waals surface area contributed by atoms with E-state index in [2.05, 4.69) is 33.8 Å². The van der Waals surface area contributed by atoms with Gasteiger partial charge in [0, 0.05) is 86.4 Å².